The minimum atomic E-state index is -1.17. The molecule has 5 heteroatoms. The van der Waals surface area contributed by atoms with Crippen molar-refractivity contribution in [3.8, 4) is 11.1 Å². The molecule has 116 valence electrons. The monoisotopic (exact) mass is 299 g/mol. The van der Waals surface area contributed by atoms with Gasteiger partial charge in [0, 0.05) is 25.4 Å². The summed E-state index contributed by atoms with van der Waals surface area (Å²) in [5.74, 6) is -0.253. The Morgan fingerprint density at radius 3 is 2.82 bits per heavy atom. The third-order valence-corrected chi connectivity index (χ3v) is 4.27. The molecule has 22 heavy (non-hydrogen) atoms. The van der Waals surface area contributed by atoms with E-state index in [-0.39, 0.29) is 5.91 Å². The Hall–Kier alpha value is -2.14. The predicted molar refractivity (Wildman–Crippen MR) is 83.9 cm³/mol. The lowest BCUT2D eigenvalue weighted by molar-refractivity contribution is -0.139. The van der Waals surface area contributed by atoms with Crippen LogP contribution >= 0.6 is 0 Å². The van der Waals surface area contributed by atoms with Crippen LogP contribution in [-0.4, -0.2) is 26.4 Å². The lowest BCUT2D eigenvalue weighted by Gasteiger charge is -2.21. The number of hydrogen-bond donors (Lipinski definition) is 2. The quantitative estimate of drug-likeness (QED) is 0.907. The van der Waals surface area contributed by atoms with Crippen molar-refractivity contribution < 1.29 is 9.90 Å². The van der Waals surface area contributed by atoms with Crippen molar-refractivity contribution in [2.45, 2.75) is 37.8 Å². The van der Waals surface area contributed by atoms with Crippen LogP contribution in [0.1, 0.15) is 31.2 Å². The fraction of sp³-hybridized carbons (Fsp3) is 0.412. The van der Waals surface area contributed by atoms with E-state index in [1.54, 1.807) is 4.68 Å². The summed E-state index contributed by atoms with van der Waals surface area (Å²) in [7, 11) is 1.88. The topological polar surface area (TPSA) is 67.2 Å². The summed E-state index contributed by atoms with van der Waals surface area (Å²) in [6.07, 6.45) is 6.74. The summed E-state index contributed by atoms with van der Waals surface area (Å²) < 4.78 is 1.76. The van der Waals surface area contributed by atoms with Gasteiger partial charge in [0.1, 0.15) is 5.60 Å². The van der Waals surface area contributed by atoms with Gasteiger partial charge in [0.25, 0.3) is 5.91 Å². The standard InChI is InChI=1S/C17H21N3O2/c1-20-12-15(11-19-20)14-6-4-5-13(9-14)10-18-16(21)17(22)7-2-3-8-17/h4-6,9,11-12,22H,2-3,7-8,10H2,1H3,(H,18,21). The van der Waals surface area contributed by atoms with Crippen LogP contribution in [-0.2, 0) is 18.4 Å². The second-order valence-corrected chi connectivity index (χ2v) is 6.02. The van der Waals surface area contributed by atoms with Crippen molar-refractivity contribution in [1.82, 2.24) is 15.1 Å². The van der Waals surface area contributed by atoms with Gasteiger partial charge in [-0.2, -0.15) is 5.10 Å². The van der Waals surface area contributed by atoms with Gasteiger partial charge in [-0.25, -0.2) is 0 Å². The second-order valence-electron chi connectivity index (χ2n) is 6.02. The van der Waals surface area contributed by atoms with E-state index in [0.29, 0.717) is 19.4 Å². The highest BCUT2D eigenvalue weighted by Gasteiger charge is 2.38. The molecule has 5 nitrogen and oxygen atoms in total. The Morgan fingerprint density at radius 2 is 2.14 bits per heavy atom. The minimum Gasteiger partial charge on any atom is -0.380 e. The van der Waals surface area contributed by atoms with Crippen molar-refractivity contribution in [3.63, 3.8) is 0 Å². The van der Waals surface area contributed by atoms with Crippen molar-refractivity contribution in [1.29, 1.82) is 0 Å². The number of nitrogens with zero attached hydrogens (tertiary/aromatic N) is 2. The molecule has 0 spiro atoms. The van der Waals surface area contributed by atoms with E-state index >= 15 is 0 Å². The predicted octanol–water partition coefficient (Wildman–Crippen LogP) is 2.01. The lowest BCUT2D eigenvalue weighted by atomic mass is 10.0. The molecule has 0 bridgehead atoms. The van der Waals surface area contributed by atoms with Crippen LogP contribution < -0.4 is 5.32 Å². The molecule has 0 atom stereocenters. The van der Waals surface area contributed by atoms with Crippen LogP contribution in [0.2, 0.25) is 0 Å². The van der Waals surface area contributed by atoms with E-state index in [4.69, 9.17) is 0 Å². The molecule has 1 aliphatic rings. The summed E-state index contributed by atoms with van der Waals surface area (Å²) in [6.45, 7) is 0.426. The normalized spacial score (nSPS) is 16.6. The van der Waals surface area contributed by atoms with Gasteiger partial charge < -0.3 is 10.4 Å². The van der Waals surface area contributed by atoms with Gasteiger partial charge in [0.2, 0.25) is 0 Å². The molecular weight excluding hydrogens is 278 g/mol. The maximum absolute atomic E-state index is 12.1. The van der Waals surface area contributed by atoms with E-state index in [1.807, 2.05) is 43.7 Å². The molecule has 1 aromatic heterocycles. The molecule has 1 heterocycles. The first kappa shape index (κ1) is 14.8. The number of benzene rings is 1. The molecule has 1 aliphatic carbocycles. The number of nitrogens with one attached hydrogen (secondary N) is 1. The second kappa shape index (κ2) is 5.93. The van der Waals surface area contributed by atoms with Crippen molar-refractivity contribution in [2.24, 2.45) is 7.05 Å². The van der Waals surface area contributed by atoms with Gasteiger partial charge >= 0.3 is 0 Å². The SMILES string of the molecule is Cn1cc(-c2cccc(CNC(=O)C3(O)CCCC3)c2)cn1. The van der Waals surface area contributed by atoms with Crippen LogP contribution in [0.4, 0.5) is 0 Å². The zero-order valence-corrected chi connectivity index (χ0v) is 12.7. The number of aryl methyl sites for hydroxylation is 1. The molecule has 0 radical (unpaired) electrons. The summed E-state index contributed by atoms with van der Waals surface area (Å²) in [6, 6.07) is 8.00. The molecule has 0 aliphatic heterocycles. The highest BCUT2D eigenvalue weighted by atomic mass is 16.3. The third kappa shape index (κ3) is 3.04. The zero-order valence-electron chi connectivity index (χ0n) is 12.7. The molecule has 0 saturated heterocycles. The summed E-state index contributed by atoms with van der Waals surface area (Å²) in [5.41, 5.74) is 1.96. The maximum atomic E-state index is 12.1. The first-order valence-electron chi connectivity index (χ1n) is 7.65. The number of aliphatic hydroxyl groups is 1. The molecule has 2 N–H and O–H groups in total. The number of carbonyl (C=O) groups excluding carboxylic acids is 1. The Morgan fingerprint density at radius 1 is 1.36 bits per heavy atom. The number of aromatic nitrogens is 2. The average Bonchev–Trinajstić information content (AvgIpc) is 3.15. The van der Waals surface area contributed by atoms with E-state index in [9.17, 15) is 9.90 Å². The van der Waals surface area contributed by atoms with E-state index in [1.165, 1.54) is 0 Å². The number of amides is 1. The van der Waals surface area contributed by atoms with Gasteiger partial charge in [0.05, 0.1) is 6.20 Å². The van der Waals surface area contributed by atoms with Gasteiger partial charge in [-0.1, -0.05) is 18.2 Å². The summed E-state index contributed by atoms with van der Waals surface area (Å²) in [5, 5.41) is 17.3. The Kier molecular flexibility index (Phi) is 3.98. The van der Waals surface area contributed by atoms with Crippen molar-refractivity contribution in [3.05, 3.63) is 42.2 Å². The van der Waals surface area contributed by atoms with Gasteiger partial charge in [0.15, 0.2) is 0 Å². The van der Waals surface area contributed by atoms with E-state index in [0.717, 1.165) is 29.5 Å². The van der Waals surface area contributed by atoms with Crippen LogP contribution in [0, 0.1) is 0 Å². The maximum Gasteiger partial charge on any atom is 0.252 e. The largest absolute Gasteiger partial charge is 0.380 e. The Labute approximate surface area is 130 Å². The van der Waals surface area contributed by atoms with Crippen LogP contribution in [0.15, 0.2) is 36.7 Å². The average molecular weight is 299 g/mol. The molecule has 0 unspecified atom stereocenters. The molecular formula is C17H21N3O2. The lowest BCUT2D eigenvalue weighted by Crippen LogP contribution is -2.44. The summed E-state index contributed by atoms with van der Waals surface area (Å²) in [4.78, 5) is 12.1. The number of carbonyl (C=O) groups is 1. The van der Waals surface area contributed by atoms with Crippen molar-refractivity contribution >= 4 is 5.91 Å². The molecule has 1 amide bonds. The number of hydrogen-bond acceptors (Lipinski definition) is 3. The number of rotatable bonds is 4. The van der Waals surface area contributed by atoms with Gasteiger partial charge in [-0.3, -0.25) is 9.48 Å². The molecule has 2 aromatic rings. The highest BCUT2D eigenvalue weighted by molar-refractivity contribution is 5.85. The van der Waals surface area contributed by atoms with E-state index < -0.39 is 5.60 Å². The zero-order chi connectivity index (χ0) is 15.6. The fourth-order valence-corrected chi connectivity index (χ4v) is 2.96. The first-order chi connectivity index (χ1) is 10.6. The Balaban J connectivity index is 1.67. The molecule has 1 aromatic carbocycles. The van der Waals surface area contributed by atoms with E-state index in [2.05, 4.69) is 10.4 Å². The Bertz CT molecular complexity index is 672. The smallest absolute Gasteiger partial charge is 0.252 e. The fourth-order valence-electron chi connectivity index (χ4n) is 2.96. The first-order valence-corrected chi connectivity index (χ1v) is 7.65. The van der Waals surface area contributed by atoms with Crippen LogP contribution in [0.25, 0.3) is 11.1 Å². The van der Waals surface area contributed by atoms with Crippen LogP contribution in [0.5, 0.6) is 0 Å². The molecule has 1 saturated carbocycles. The van der Waals surface area contributed by atoms with Crippen LogP contribution in [0.3, 0.4) is 0 Å². The van der Waals surface area contributed by atoms with Crippen molar-refractivity contribution in [2.75, 3.05) is 0 Å². The minimum absolute atomic E-state index is 0.253. The molecule has 1 fully saturated rings. The summed E-state index contributed by atoms with van der Waals surface area (Å²) >= 11 is 0. The van der Waals surface area contributed by atoms with Gasteiger partial charge in [-0.05, 0) is 42.9 Å². The third-order valence-electron chi connectivity index (χ3n) is 4.27. The molecule has 3 rings (SSSR count). The highest BCUT2D eigenvalue weighted by Crippen LogP contribution is 2.29. The van der Waals surface area contributed by atoms with Gasteiger partial charge in [-0.15, -0.1) is 0 Å².